The first-order valence-corrected chi connectivity index (χ1v) is 7.32. The predicted octanol–water partition coefficient (Wildman–Crippen LogP) is 0.929. The summed E-state index contributed by atoms with van der Waals surface area (Å²) in [5.74, 6) is 0.826. The topological polar surface area (TPSA) is 35.6 Å². The minimum absolute atomic E-state index is 0.207. The average Bonchev–Trinajstić information content (AvgIpc) is 2.40. The maximum atomic E-state index is 11.4. The van der Waals surface area contributed by atoms with Gasteiger partial charge in [0.15, 0.2) is 0 Å². The third-order valence-electron chi connectivity index (χ3n) is 4.62. The Morgan fingerprint density at radius 1 is 1.11 bits per heavy atom. The van der Waals surface area contributed by atoms with Crippen LogP contribution in [0.4, 0.5) is 0 Å². The normalized spacial score (nSPS) is 31.2. The van der Waals surface area contributed by atoms with Gasteiger partial charge in [-0.3, -0.25) is 9.69 Å². The Morgan fingerprint density at radius 2 is 1.72 bits per heavy atom. The Hall–Kier alpha value is -0.610. The van der Waals surface area contributed by atoms with Crippen molar-refractivity contribution in [1.29, 1.82) is 0 Å². The summed E-state index contributed by atoms with van der Waals surface area (Å²) in [5, 5.41) is 2.74. The van der Waals surface area contributed by atoms with Gasteiger partial charge in [-0.15, -0.1) is 0 Å². The van der Waals surface area contributed by atoms with Crippen LogP contribution in [0.15, 0.2) is 0 Å². The summed E-state index contributed by atoms with van der Waals surface area (Å²) < 4.78 is 0. The Morgan fingerprint density at radius 3 is 2.28 bits per heavy atom. The molecule has 0 aromatic rings. The molecule has 1 amide bonds. The van der Waals surface area contributed by atoms with Crippen LogP contribution >= 0.6 is 0 Å². The van der Waals surface area contributed by atoms with Gasteiger partial charge in [0.2, 0.25) is 5.91 Å². The van der Waals surface area contributed by atoms with E-state index in [2.05, 4.69) is 22.2 Å². The molecule has 0 radical (unpaired) electrons. The van der Waals surface area contributed by atoms with E-state index < -0.39 is 0 Å². The third kappa shape index (κ3) is 3.69. The third-order valence-corrected chi connectivity index (χ3v) is 4.62. The quantitative estimate of drug-likeness (QED) is 0.813. The van der Waals surface area contributed by atoms with Crippen molar-refractivity contribution in [1.82, 2.24) is 15.1 Å². The van der Waals surface area contributed by atoms with Crippen LogP contribution < -0.4 is 5.32 Å². The van der Waals surface area contributed by atoms with E-state index in [4.69, 9.17) is 0 Å². The van der Waals surface area contributed by atoms with Crippen LogP contribution in [0.5, 0.6) is 0 Å². The van der Waals surface area contributed by atoms with Crippen molar-refractivity contribution in [3.63, 3.8) is 0 Å². The maximum Gasteiger partial charge on any atom is 0.220 e. The second-order valence-corrected chi connectivity index (χ2v) is 5.89. The minimum atomic E-state index is 0.207. The van der Waals surface area contributed by atoms with E-state index in [0.717, 1.165) is 12.5 Å². The average molecular weight is 253 g/mol. The first-order valence-electron chi connectivity index (χ1n) is 7.32. The van der Waals surface area contributed by atoms with Crippen molar-refractivity contribution in [2.45, 2.75) is 38.1 Å². The summed E-state index contributed by atoms with van der Waals surface area (Å²) in [6.45, 7) is 4.86. The number of carbonyl (C=O) groups is 1. The molecule has 2 fully saturated rings. The number of amides is 1. The Bertz CT molecular complexity index is 266. The molecule has 18 heavy (non-hydrogen) atoms. The fraction of sp³-hybridized carbons (Fsp3) is 0.929. The highest BCUT2D eigenvalue weighted by molar-refractivity contribution is 5.75. The van der Waals surface area contributed by atoms with Gasteiger partial charge in [0, 0.05) is 45.7 Å². The highest BCUT2D eigenvalue weighted by atomic mass is 16.1. The lowest BCUT2D eigenvalue weighted by Gasteiger charge is -2.41. The minimum Gasteiger partial charge on any atom is -0.359 e. The van der Waals surface area contributed by atoms with E-state index in [1.54, 1.807) is 7.05 Å². The van der Waals surface area contributed by atoms with E-state index in [1.807, 2.05) is 0 Å². The number of nitrogens with zero attached hydrogens (tertiary/aromatic N) is 2. The van der Waals surface area contributed by atoms with E-state index in [9.17, 15) is 4.79 Å². The molecule has 2 rings (SSSR count). The molecule has 0 bridgehead atoms. The van der Waals surface area contributed by atoms with Gasteiger partial charge in [0.05, 0.1) is 0 Å². The van der Waals surface area contributed by atoms with Gasteiger partial charge >= 0.3 is 0 Å². The summed E-state index contributed by atoms with van der Waals surface area (Å²) in [6.07, 6.45) is 5.75. The molecule has 0 aromatic heterocycles. The number of likely N-dealkylation sites (N-methyl/N-ethyl adjacent to an activating group) is 1. The maximum absolute atomic E-state index is 11.4. The van der Waals surface area contributed by atoms with Crippen LogP contribution in [0.1, 0.15) is 32.1 Å². The molecule has 1 saturated carbocycles. The molecule has 1 saturated heterocycles. The van der Waals surface area contributed by atoms with Gasteiger partial charge in [0.25, 0.3) is 0 Å². The van der Waals surface area contributed by atoms with Crippen LogP contribution in [0.25, 0.3) is 0 Å². The van der Waals surface area contributed by atoms with Gasteiger partial charge < -0.3 is 10.2 Å². The summed E-state index contributed by atoms with van der Waals surface area (Å²) in [4.78, 5) is 16.4. The number of hydrogen-bond acceptors (Lipinski definition) is 3. The van der Waals surface area contributed by atoms with Crippen molar-refractivity contribution >= 4 is 5.91 Å². The number of piperazine rings is 1. The molecule has 1 aliphatic heterocycles. The number of rotatable bonds is 3. The molecule has 4 nitrogen and oxygen atoms in total. The van der Waals surface area contributed by atoms with E-state index in [-0.39, 0.29) is 5.91 Å². The van der Waals surface area contributed by atoms with Crippen LogP contribution in [-0.2, 0) is 4.79 Å². The summed E-state index contributed by atoms with van der Waals surface area (Å²) in [6, 6.07) is 0.777. The first kappa shape index (κ1) is 13.8. The smallest absolute Gasteiger partial charge is 0.220 e. The molecule has 0 aromatic carbocycles. The second-order valence-electron chi connectivity index (χ2n) is 5.89. The van der Waals surface area contributed by atoms with Crippen molar-refractivity contribution in [2.24, 2.45) is 5.92 Å². The number of carbonyl (C=O) groups excluding carboxylic acids is 1. The lowest BCUT2D eigenvalue weighted by molar-refractivity contribution is -0.121. The van der Waals surface area contributed by atoms with Crippen molar-refractivity contribution in [2.75, 3.05) is 40.3 Å². The van der Waals surface area contributed by atoms with Gasteiger partial charge in [-0.2, -0.15) is 0 Å². The fourth-order valence-electron chi connectivity index (χ4n) is 3.27. The summed E-state index contributed by atoms with van der Waals surface area (Å²) in [7, 11) is 3.94. The molecule has 1 aliphatic carbocycles. The predicted molar refractivity (Wildman–Crippen MR) is 73.5 cm³/mol. The van der Waals surface area contributed by atoms with E-state index in [1.165, 1.54) is 51.9 Å². The van der Waals surface area contributed by atoms with Gasteiger partial charge in [-0.25, -0.2) is 0 Å². The highest BCUT2D eigenvalue weighted by Crippen LogP contribution is 2.30. The van der Waals surface area contributed by atoms with Gasteiger partial charge in [-0.1, -0.05) is 0 Å². The monoisotopic (exact) mass is 253 g/mol. The molecule has 0 unspecified atom stereocenters. The van der Waals surface area contributed by atoms with Gasteiger partial charge in [0.1, 0.15) is 0 Å². The van der Waals surface area contributed by atoms with Crippen molar-refractivity contribution in [3.8, 4) is 0 Å². The van der Waals surface area contributed by atoms with Crippen molar-refractivity contribution in [3.05, 3.63) is 0 Å². The SMILES string of the molecule is CNC(=O)CC1CCC(N2CCN(C)CC2)CC1. The van der Waals surface area contributed by atoms with Crippen LogP contribution in [0, 0.1) is 5.92 Å². The zero-order chi connectivity index (χ0) is 13.0. The summed E-state index contributed by atoms with van der Waals surface area (Å²) in [5.41, 5.74) is 0. The second kappa shape index (κ2) is 6.53. The largest absolute Gasteiger partial charge is 0.359 e. The lowest BCUT2D eigenvalue weighted by Crippen LogP contribution is -2.49. The van der Waals surface area contributed by atoms with E-state index in [0.29, 0.717) is 5.92 Å². The standard InChI is InChI=1S/C14H27N3O/c1-15-14(18)11-12-3-5-13(6-4-12)17-9-7-16(2)8-10-17/h12-13H,3-11H2,1-2H3,(H,15,18). The van der Waals surface area contributed by atoms with Crippen LogP contribution in [0.2, 0.25) is 0 Å². The fourth-order valence-corrected chi connectivity index (χ4v) is 3.27. The molecule has 2 aliphatic rings. The number of nitrogens with one attached hydrogen (secondary N) is 1. The molecular formula is C14H27N3O. The molecule has 104 valence electrons. The van der Waals surface area contributed by atoms with Crippen LogP contribution in [0.3, 0.4) is 0 Å². The Kier molecular flexibility index (Phi) is 5.01. The number of hydrogen-bond donors (Lipinski definition) is 1. The molecule has 0 spiro atoms. The Balaban J connectivity index is 1.71. The molecule has 4 heteroatoms. The summed E-state index contributed by atoms with van der Waals surface area (Å²) >= 11 is 0. The highest BCUT2D eigenvalue weighted by Gasteiger charge is 2.28. The zero-order valence-corrected chi connectivity index (χ0v) is 11.8. The van der Waals surface area contributed by atoms with E-state index >= 15 is 0 Å². The van der Waals surface area contributed by atoms with Gasteiger partial charge in [-0.05, 0) is 38.6 Å². The molecule has 0 atom stereocenters. The molecule has 1 N–H and O–H groups in total. The van der Waals surface area contributed by atoms with Crippen molar-refractivity contribution < 1.29 is 4.79 Å². The zero-order valence-electron chi connectivity index (χ0n) is 11.8. The Labute approximate surface area is 111 Å². The van der Waals surface area contributed by atoms with Crippen LogP contribution in [-0.4, -0.2) is 62.0 Å². The molecular weight excluding hydrogens is 226 g/mol. The lowest BCUT2D eigenvalue weighted by atomic mass is 9.83. The first-order chi connectivity index (χ1) is 8.69. The molecule has 1 heterocycles.